The fourth-order valence-corrected chi connectivity index (χ4v) is 5.59. The van der Waals surface area contributed by atoms with Crippen molar-refractivity contribution in [2.24, 2.45) is 0 Å². The Morgan fingerprint density at radius 1 is 0.977 bits per heavy atom. The van der Waals surface area contributed by atoms with Gasteiger partial charge in [-0.15, -0.1) is 0 Å². The van der Waals surface area contributed by atoms with E-state index in [0.29, 0.717) is 44.5 Å². The van der Waals surface area contributed by atoms with Crippen molar-refractivity contribution < 1.29 is 19.0 Å². The Hall–Kier alpha value is -4.08. The highest BCUT2D eigenvalue weighted by molar-refractivity contribution is 6.03. The van der Waals surface area contributed by atoms with Gasteiger partial charge in [-0.25, -0.2) is 0 Å². The summed E-state index contributed by atoms with van der Waals surface area (Å²) in [6.45, 7) is 10.3. The molecule has 2 aliphatic heterocycles. The van der Waals surface area contributed by atoms with Gasteiger partial charge in [-0.1, -0.05) is 32.0 Å². The van der Waals surface area contributed by atoms with Crippen molar-refractivity contribution in [3.63, 3.8) is 0 Å². The number of aromatic nitrogens is 4. The summed E-state index contributed by atoms with van der Waals surface area (Å²) >= 11 is 0. The van der Waals surface area contributed by atoms with Gasteiger partial charge in [0.1, 0.15) is 29.8 Å². The van der Waals surface area contributed by atoms with Crippen molar-refractivity contribution in [2.45, 2.75) is 71.5 Å². The summed E-state index contributed by atoms with van der Waals surface area (Å²) in [5.41, 5.74) is 6.17. The predicted octanol–water partition coefficient (Wildman–Crippen LogP) is 6.10. The zero-order chi connectivity index (χ0) is 30.0. The largest absolute Gasteiger partial charge is 0.489 e. The summed E-state index contributed by atoms with van der Waals surface area (Å²) in [5, 5.41) is 4.91. The van der Waals surface area contributed by atoms with Crippen molar-refractivity contribution >= 4 is 5.91 Å². The summed E-state index contributed by atoms with van der Waals surface area (Å²) in [5.74, 6) is 0.696. The molecule has 7 rings (SSSR count). The quantitative estimate of drug-likeness (QED) is 0.248. The van der Waals surface area contributed by atoms with Gasteiger partial charge in [0.15, 0.2) is 5.79 Å². The highest BCUT2D eigenvalue weighted by atomic mass is 16.7. The number of pyridine rings is 2. The van der Waals surface area contributed by atoms with E-state index in [4.69, 9.17) is 19.3 Å². The molecule has 4 aromatic rings. The zero-order valence-electron chi connectivity index (χ0n) is 25.3. The number of amides is 1. The highest BCUT2D eigenvalue weighted by Gasteiger charge is 2.38. The summed E-state index contributed by atoms with van der Waals surface area (Å²) in [4.78, 5) is 24.5. The second-order valence-corrected chi connectivity index (χ2v) is 11.4. The first-order valence-electron chi connectivity index (χ1n) is 15.2. The summed E-state index contributed by atoms with van der Waals surface area (Å²) in [6.07, 6.45) is 7.71. The molecule has 1 unspecified atom stereocenters. The molecule has 224 valence electrons. The van der Waals surface area contributed by atoms with Crippen LogP contribution in [0, 0.1) is 0 Å². The maximum absolute atomic E-state index is 13.9. The SMILES string of the molecule is CC.CC1(C)OCC(CN2CCn3nc(-c4ccncc4)c(-c4ccc(OCc5ccc(C6CC6)nc5)cc4)c3C2=O)O1. The highest BCUT2D eigenvalue weighted by Crippen LogP contribution is 2.39. The lowest BCUT2D eigenvalue weighted by molar-refractivity contribution is -0.139. The third kappa shape index (κ3) is 6.33. The number of nitrogens with zero attached hydrogens (tertiary/aromatic N) is 5. The minimum absolute atomic E-state index is 0.0603. The maximum atomic E-state index is 13.9. The van der Waals surface area contributed by atoms with Crippen LogP contribution in [0.4, 0.5) is 0 Å². The monoisotopic (exact) mass is 581 g/mol. The van der Waals surface area contributed by atoms with E-state index >= 15 is 0 Å². The van der Waals surface area contributed by atoms with E-state index in [1.807, 2.05) is 79.9 Å². The van der Waals surface area contributed by atoms with E-state index in [1.165, 1.54) is 18.5 Å². The molecule has 1 saturated heterocycles. The molecule has 0 N–H and O–H groups in total. The molecule has 2 fully saturated rings. The number of hydrogen-bond donors (Lipinski definition) is 0. The third-order valence-electron chi connectivity index (χ3n) is 7.86. The topological polar surface area (TPSA) is 91.6 Å². The lowest BCUT2D eigenvalue weighted by Gasteiger charge is -2.30. The van der Waals surface area contributed by atoms with Crippen molar-refractivity contribution in [2.75, 3.05) is 19.7 Å². The molecule has 3 aliphatic rings. The van der Waals surface area contributed by atoms with E-state index in [0.717, 1.165) is 33.7 Å². The van der Waals surface area contributed by atoms with Crippen LogP contribution in [0.1, 0.15) is 68.2 Å². The molecule has 0 radical (unpaired) electrons. The molecule has 0 spiro atoms. The average Bonchev–Trinajstić information content (AvgIpc) is 3.73. The Morgan fingerprint density at radius 2 is 1.74 bits per heavy atom. The molecular formula is C34H39N5O4. The lowest BCUT2D eigenvalue weighted by atomic mass is 9.98. The van der Waals surface area contributed by atoms with Crippen LogP contribution in [0.15, 0.2) is 67.1 Å². The fraction of sp³-hybridized carbons (Fsp3) is 0.412. The van der Waals surface area contributed by atoms with Gasteiger partial charge in [-0.05, 0) is 62.6 Å². The van der Waals surface area contributed by atoms with Gasteiger partial charge in [-0.2, -0.15) is 5.10 Å². The van der Waals surface area contributed by atoms with Crippen molar-refractivity contribution in [3.8, 4) is 28.1 Å². The van der Waals surface area contributed by atoms with E-state index < -0.39 is 5.79 Å². The van der Waals surface area contributed by atoms with E-state index in [9.17, 15) is 4.79 Å². The van der Waals surface area contributed by atoms with Gasteiger partial charge in [0.2, 0.25) is 0 Å². The van der Waals surface area contributed by atoms with Gasteiger partial charge in [0, 0.05) is 60.0 Å². The number of rotatable bonds is 8. The fourth-order valence-electron chi connectivity index (χ4n) is 5.59. The van der Waals surface area contributed by atoms with Gasteiger partial charge in [0.25, 0.3) is 5.91 Å². The van der Waals surface area contributed by atoms with Gasteiger partial charge in [0.05, 0.1) is 13.2 Å². The summed E-state index contributed by atoms with van der Waals surface area (Å²) in [7, 11) is 0. The van der Waals surface area contributed by atoms with Gasteiger partial charge >= 0.3 is 0 Å². The molecule has 1 amide bonds. The molecule has 1 saturated carbocycles. The Bertz CT molecular complexity index is 1550. The smallest absolute Gasteiger partial charge is 0.272 e. The minimum atomic E-state index is -0.634. The number of carbonyl (C=O) groups is 1. The van der Waals surface area contributed by atoms with Crippen LogP contribution < -0.4 is 4.74 Å². The minimum Gasteiger partial charge on any atom is -0.489 e. The number of ether oxygens (including phenoxy) is 3. The Balaban J connectivity index is 0.00000161. The molecule has 1 atom stereocenters. The molecule has 0 bridgehead atoms. The van der Waals surface area contributed by atoms with Crippen LogP contribution in [0.5, 0.6) is 5.75 Å². The van der Waals surface area contributed by atoms with Crippen LogP contribution in [-0.2, 0) is 22.6 Å². The van der Waals surface area contributed by atoms with Crippen LogP contribution in [0.3, 0.4) is 0 Å². The first kappa shape index (κ1) is 29.0. The van der Waals surface area contributed by atoms with E-state index in [-0.39, 0.29) is 12.0 Å². The number of fused-ring (bicyclic) bond motifs is 1. The van der Waals surface area contributed by atoms with Crippen LogP contribution in [0.2, 0.25) is 0 Å². The number of benzene rings is 1. The Morgan fingerprint density at radius 3 is 2.40 bits per heavy atom. The van der Waals surface area contributed by atoms with Gasteiger partial charge in [-0.3, -0.25) is 19.4 Å². The lowest BCUT2D eigenvalue weighted by Crippen LogP contribution is -2.45. The van der Waals surface area contributed by atoms with E-state index in [2.05, 4.69) is 22.1 Å². The molecule has 1 aromatic carbocycles. The normalized spacial score (nSPS) is 19.0. The van der Waals surface area contributed by atoms with Gasteiger partial charge < -0.3 is 19.1 Å². The third-order valence-corrected chi connectivity index (χ3v) is 7.86. The molecular weight excluding hydrogens is 542 g/mol. The average molecular weight is 582 g/mol. The van der Waals surface area contributed by atoms with Crippen LogP contribution >= 0.6 is 0 Å². The predicted molar refractivity (Wildman–Crippen MR) is 164 cm³/mol. The zero-order valence-corrected chi connectivity index (χ0v) is 25.3. The van der Waals surface area contributed by atoms with Crippen molar-refractivity contribution in [1.29, 1.82) is 0 Å². The molecule has 9 nitrogen and oxygen atoms in total. The van der Waals surface area contributed by atoms with Crippen molar-refractivity contribution in [1.82, 2.24) is 24.6 Å². The number of hydrogen-bond acceptors (Lipinski definition) is 7. The molecule has 1 aliphatic carbocycles. The summed E-state index contributed by atoms with van der Waals surface area (Å²) in [6, 6.07) is 15.9. The van der Waals surface area contributed by atoms with Crippen LogP contribution in [-0.4, -0.2) is 62.1 Å². The van der Waals surface area contributed by atoms with Crippen molar-refractivity contribution in [3.05, 3.63) is 84.1 Å². The maximum Gasteiger partial charge on any atom is 0.272 e. The standard InChI is InChI=1S/C32H33N5O4.C2H6/c1-32(2)40-20-26(41-32)18-36-15-16-37-30(31(36)38)28(29(35-37)24-11-13-33-14-12-24)23-6-8-25(9-7-23)39-19-21-3-10-27(34-17-21)22-4-5-22;1-2/h3,6-14,17,22,26H,4-5,15-16,18-20H2,1-2H3;1-2H3. The van der Waals surface area contributed by atoms with Crippen LogP contribution in [0.25, 0.3) is 22.4 Å². The second-order valence-electron chi connectivity index (χ2n) is 11.4. The summed E-state index contributed by atoms with van der Waals surface area (Å²) < 4.78 is 19.6. The Kier molecular flexibility index (Phi) is 8.27. The first-order valence-corrected chi connectivity index (χ1v) is 15.2. The number of carbonyl (C=O) groups excluding carboxylic acids is 1. The Labute approximate surface area is 252 Å². The first-order chi connectivity index (χ1) is 20.9. The molecule has 9 heteroatoms. The second kappa shape index (κ2) is 12.3. The van der Waals surface area contributed by atoms with E-state index in [1.54, 1.807) is 12.4 Å². The molecule has 43 heavy (non-hydrogen) atoms. The molecule has 3 aromatic heterocycles. The molecule has 5 heterocycles.